The van der Waals surface area contributed by atoms with Crippen molar-refractivity contribution >= 4 is 0 Å². The van der Waals surface area contributed by atoms with Crippen LogP contribution in [0.2, 0.25) is 0 Å². The zero-order valence-corrected chi connectivity index (χ0v) is 5.72. The quantitative estimate of drug-likeness (QED) is 0.444. The van der Waals surface area contributed by atoms with Crippen LogP contribution in [-0.2, 0) is 0 Å². The predicted octanol–water partition coefficient (Wildman–Crippen LogP) is 1.34. The summed E-state index contributed by atoms with van der Waals surface area (Å²) in [5, 5.41) is 9.27. The zero-order chi connectivity index (χ0) is 7.33. The molecule has 50 valence electrons. The Bertz CT molecular complexity index is 132. The van der Waals surface area contributed by atoms with E-state index in [9.17, 15) is 5.11 Å². The third-order valence-corrected chi connectivity index (χ3v) is 1.22. The minimum atomic E-state index is -1.07. The maximum absolute atomic E-state index is 9.27. The normalized spacial score (nSPS) is 15.7. The zero-order valence-electron chi connectivity index (χ0n) is 5.72. The molecule has 0 aromatic rings. The lowest BCUT2D eigenvalue weighted by molar-refractivity contribution is 0.142. The highest BCUT2D eigenvalue weighted by Crippen LogP contribution is 2.11. The van der Waals surface area contributed by atoms with Crippen molar-refractivity contribution in [2.45, 2.75) is 25.4 Å². The predicted molar refractivity (Wildman–Crippen MR) is 38.9 cm³/mol. The van der Waals surface area contributed by atoms with Crippen molar-refractivity contribution in [2.75, 3.05) is 0 Å². The third kappa shape index (κ3) is 2.34. The summed E-state index contributed by atoms with van der Waals surface area (Å²) in [4.78, 5) is 0. The number of aliphatic hydroxyl groups is 1. The SMILES string of the molecule is C#CC(O)(C=C)CCC. The van der Waals surface area contributed by atoms with Gasteiger partial charge in [0.05, 0.1) is 0 Å². The molecule has 0 heterocycles. The summed E-state index contributed by atoms with van der Waals surface area (Å²) >= 11 is 0. The van der Waals surface area contributed by atoms with Gasteiger partial charge in [-0.25, -0.2) is 0 Å². The Morgan fingerprint density at radius 3 is 2.56 bits per heavy atom. The molecule has 0 fully saturated rings. The summed E-state index contributed by atoms with van der Waals surface area (Å²) in [5.74, 6) is 2.27. The summed E-state index contributed by atoms with van der Waals surface area (Å²) < 4.78 is 0. The lowest BCUT2D eigenvalue weighted by Gasteiger charge is -2.14. The van der Waals surface area contributed by atoms with Gasteiger partial charge < -0.3 is 5.11 Å². The van der Waals surface area contributed by atoms with Crippen LogP contribution in [0.25, 0.3) is 0 Å². The number of terminal acetylenes is 1. The van der Waals surface area contributed by atoms with Gasteiger partial charge in [-0.1, -0.05) is 25.8 Å². The lowest BCUT2D eigenvalue weighted by Crippen LogP contribution is -2.21. The van der Waals surface area contributed by atoms with Crippen molar-refractivity contribution < 1.29 is 5.11 Å². The van der Waals surface area contributed by atoms with E-state index in [4.69, 9.17) is 6.42 Å². The largest absolute Gasteiger partial charge is 0.374 e. The summed E-state index contributed by atoms with van der Waals surface area (Å²) in [7, 11) is 0. The van der Waals surface area contributed by atoms with Crippen molar-refractivity contribution in [3.05, 3.63) is 12.7 Å². The molecule has 0 amide bonds. The summed E-state index contributed by atoms with van der Waals surface area (Å²) in [6.07, 6.45) is 7.89. The fraction of sp³-hybridized carbons (Fsp3) is 0.500. The Balaban J connectivity index is 3.96. The molecule has 0 aliphatic rings. The van der Waals surface area contributed by atoms with Crippen LogP contribution in [0.4, 0.5) is 0 Å². The van der Waals surface area contributed by atoms with Crippen molar-refractivity contribution in [3.63, 3.8) is 0 Å². The van der Waals surface area contributed by atoms with Crippen molar-refractivity contribution in [2.24, 2.45) is 0 Å². The standard InChI is InChI=1S/C8H12O/c1-4-7-8(9,5-2)6-3/h2,6,9H,3-4,7H2,1H3. The van der Waals surface area contributed by atoms with Crippen LogP contribution in [0.3, 0.4) is 0 Å². The maximum Gasteiger partial charge on any atom is 0.143 e. The van der Waals surface area contributed by atoms with E-state index in [1.165, 1.54) is 6.08 Å². The second kappa shape index (κ2) is 3.32. The van der Waals surface area contributed by atoms with E-state index in [0.717, 1.165) is 6.42 Å². The smallest absolute Gasteiger partial charge is 0.143 e. The van der Waals surface area contributed by atoms with Gasteiger partial charge in [0.2, 0.25) is 0 Å². The van der Waals surface area contributed by atoms with E-state index < -0.39 is 5.60 Å². The molecule has 0 saturated carbocycles. The molecule has 0 aliphatic carbocycles. The molecule has 0 radical (unpaired) electrons. The average molecular weight is 124 g/mol. The van der Waals surface area contributed by atoms with Crippen LogP contribution in [0.1, 0.15) is 19.8 Å². The minimum Gasteiger partial charge on any atom is -0.374 e. The molecule has 1 nitrogen and oxygen atoms in total. The van der Waals surface area contributed by atoms with Crippen molar-refractivity contribution in [1.29, 1.82) is 0 Å². The number of hydrogen-bond acceptors (Lipinski definition) is 1. The first-order valence-electron chi connectivity index (χ1n) is 3.02. The first-order chi connectivity index (χ1) is 4.18. The Labute approximate surface area is 56.4 Å². The third-order valence-electron chi connectivity index (χ3n) is 1.22. The van der Waals surface area contributed by atoms with Gasteiger partial charge in [0.25, 0.3) is 0 Å². The molecular weight excluding hydrogens is 112 g/mol. The highest BCUT2D eigenvalue weighted by Gasteiger charge is 2.16. The van der Waals surface area contributed by atoms with Crippen LogP contribution in [0, 0.1) is 12.3 Å². The van der Waals surface area contributed by atoms with Crippen LogP contribution in [-0.4, -0.2) is 10.7 Å². The molecule has 1 N–H and O–H groups in total. The van der Waals surface area contributed by atoms with E-state index in [1.54, 1.807) is 0 Å². The van der Waals surface area contributed by atoms with Gasteiger partial charge in [-0.3, -0.25) is 0 Å². The second-order valence-electron chi connectivity index (χ2n) is 2.02. The molecule has 0 saturated heterocycles. The molecule has 0 aromatic carbocycles. The van der Waals surface area contributed by atoms with Gasteiger partial charge in [0.15, 0.2) is 0 Å². The lowest BCUT2D eigenvalue weighted by atomic mass is 10.00. The van der Waals surface area contributed by atoms with Gasteiger partial charge in [0.1, 0.15) is 5.60 Å². The number of rotatable bonds is 3. The van der Waals surface area contributed by atoms with Gasteiger partial charge in [-0.2, -0.15) is 0 Å². The average Bonchev–Trinajstić information content (AvgIpc) is 1.89. The van der Waals surface area contributed by atoms with Crippen LogP contribution >= 0.6 is 0 Å². The molecule has 1 heteroatoms. The molecule has 0 rings (SSSR count). The van der Waals surface area contributed by atoms with Gasteiger partial charge in [0, 0.05) is 0 Å². The van der Waals surface area contributed by atoms with Crippen molar-refractivity contribution in [1.82, 2.24) is 0 Å². The fourth-order valence-corrected chi connectivity index (χ4v) is 0.614. The van der Waals surface area contributed by atoms with Gasteiger partial charge in [-0.15, -0.1) is 6.42 Å². The Morgan fingerprint density at radius 2 is 2.44 bits per heavy atom. The molecule has 0 bridgehead atoms. The molecule has 1 atom stereocenters. The Kier molecular flexibility index (Phi) is 3.05. The molecule has 0 spiro atoms. The first-order valence-corrected chi connectivity index (χ1v) is 3.02. The van der Waals surface area contributed by atoms with E-state index >= 15 is 0 Å². The van der Waals surface area contributed by atoms with Crippen LogP contribution < -0.4 is 0 Å². The Morgan fingerprint density at radius 1 is 1.89 bits per heavy atom. The number of hydrogen-bond donors (Lipinski definition) is 1. The highest BCUT2D eigenvalue weighted by molar-refractivity contribution is 5.16. The maximum atomic E-state index is 9.27. The topological polar surface area (TPSA) is 20.2 Å². The second-order valence-corrected chi connectivity index (χ2v) is 2.02. The summed E-state index contributed by atoms with van der Waals surface area (Å²) in [6.45, 7) is 5.39. The van der Waals surface area contributed by atoms with E-state index in [0.29, 0.717) is 6.42 Å². The first kappa shape index (κ1) is 8.26. The van der Waals surface area contributed by atoms with E-state index in [2.05, 4.69) is 12.5 Å². The fourth-order valence-electron chi connectivity index (χ4n) is 0.614. The molecule has 9 heavy (non-hydrogen) atoms. The summed E-state index contributed by atoms with van der Waals surface area (Å²) in [6, 6.07) is 0. The van der Waals surface area contributed by atoms with Crippen molar-refractivity contribution in [3.8, 4) is 12.3 Å². The Hall–Kier alpha value is -0.740. The van der Waals surface area contributed by atoms with E-state index in [-0.39, 0.29) is 0 Å². The molecule has 0 aromatic heterocycles. The summed E-state index contributed by atoms with van der Waals surface area (Å²) in [5.41, 5.74) is -1.07. The minimum absolute atomic E-state index is 0.590. The molecular formula is C8H12O. The van der Waals surface area contributed by atoms with Gasteiger partial charge in [-0.05, 0) is 12.5 Å². The van der Waals surface area contributed by atoms with Crippen LogP contribution in [0.5, 0.6) is 0 Å². The molecule has 1 unspecified atom stereocenters. The van der Waals surface area contributed by atoms with Crippen LogP contribution in [0.15, 0.2) is 12.7 Å². The monoisotopic (exact) mass is 124 g/mol. The molecule has 0 aliphatic heterocycles. The van der Waals surface area contributed by atoms with E-state index in [1.807, 2.05) is 6.92 Å². The highest BCUT2D eigenvalue weighted by atomic mass is 16.3. The van der Waals surface area contributed by atoms with Gasteiger partial charge >= 0.3 is 0 Å².